The zero-order valence-electron chi connectivity index (χ0n) is 11.6. The molecule has 0 fully saturated rings. The van der Waals surface area contributed by atoms with E-state index in [2.05, 4.69) is 0 Å². The SMILES string of the molecule is CN(C)CC(=O)c1ccc2c(c1)N(CC(=O)O)CCO2. The van der Waals surface area contributed by atoms with Gasteiger partial charge in [0.05, 0.1) is 18.8 Å². The molecule has 1 aromatic carbocycles. The van der Waals surface area contributed by atoms with Gasteiger partial charge in [0.1, 0.15) is 18.9 Å². The van der Waals surface area contributed by atoms with Crippen LogP contribution in [-0.4, -0.2) is 62.1 Å². The monoisotopic (exact) mass is 278 g/mol. The number of ketones is 1. The van der Waals surface area contributed by atoms with Crippen LogP contribution in [0.2, 0.25) is 0 Å². The van der Waals surface area contributed by atoms with Crippen LogP contribution in [0.25, 0.3) is 0 Å². The molecule has 1 aliphatic heterocycles. The third-order valence-electron chi connectivity index (χ3n) is 3.03. The van der Waals surface area contributed by atoms with E-state index < -0.39 is 5.97 Å². The first-order valence-electron chi connectivity index (χ1n) is 6.39. The van der Waals surface area contributed by atoms with E-state index in [0.717, 1.165) is 0 Å². The van der Waals surface area contributed by atoms with E-state index >= 15 is 0 Å². The van der Waals surface area contributed by atoms with Crippen LogP contribution in [0.1, 0.15) is 10.4 Å². The summed E-state index contributed by atoms with van der Waals surface area (Å²) in [6.07, 6.45) is 0. The molecule has 0 amide bonds. The molecule has 108 valence electrons. The maximum atomic E-state index is 12.1. The van der Waals surface area contributed by atoms with Gasteiger partial charge in [0.15, 0.2) is 5.78 Å². The second-order valence-corrected chi connectivity index (χ2v) is 5.01. The molecule has 0 bridgehead atoms. The van der Waals surface area contributed by atoms with Crippen LogP contribution in [0.15, 0.2) is 18.2 Å². The molecule has 1 aliphatic rings. The number of benzene rings is 1. The first kappa shape index (κ1) is 14.3. The van der Waals surface area contributed by atoms with Gasteiger partial charge in [0.25, 0.3) is 0 Å². The van der Waals surface area contributed by atoms with E-state index in [1.165, 1.54) is 0 Å². The summed E-state index contributed by atoms with van der Waals surface area (Å²) in [4.78, 5) is 26.5. The number of carboxylic acid groups (broad SMARTS) is 1. The van der Waals surface area contributed by atoms with E-state index in [0.29, 0.717) is 36.7 Å². The van der Waals surface area contributed by atoms with Gasteiger partial charge in [-0.1, -0.05) is 0 Å². The standard InChI is InChI=1S/C14H18N2O4/c1-15(2)8-12(17)10-3-4-13-11(7-10)16(5-6-20-13)9-14(18)19/h3-4,7H,5-6,8-9H2,1-2H3,(H,18,19). The van der Waals surface area contributed by atoms with Crippen molar-refractivity contribution in [3.63, 3.8) is 0 Å². The van der Waals surface area contributed by atoms with Gasteiger partial charge in [-0.2, -0.15) is 0 Å². The third-order valence-corrected chi connectivity index (χ3v) is 3.03. The number of likely N-dealkylation sites (N-methyl/N-ethyl adjacent to an activating group) is 1. The summed E-state index contributed by atoms with van der Waals surface area (Å²) in [5, 5.41) is 8.93. The van der Waals surface area contributed by atoms with Crippen molar-refractivity contribution in [2.45, 2.75) is 0 Å². The van der Waals surface area contributed by atoms with Gasteiger partial charge >= 0.3 is 5.97 Å². The van der Waals surface area contributed by atoms with Crippen LogP contribution < -0.4 is 9.64 Å². The number of aliphatic carboxylic acids is 1. The maximum Gasteiger partial charge on any atom is 0.323 e. The topological polar surface area (TPSA) is 70.1 Å². The van der Waals surface area contributed by atoms with E-state index in [-0.39, 0.29) is 12.3 Å². The molecule has 6 heteroatoms. The Bertz CT molecular complexity index is 528. The van der Waals surface area contributed by atoms with Crippen molar-refractivity contribution < 1.29 is 19.4 Å². The molecule has 0 aliphatic carbocycles. The number of carboxylic acids is 1. The predicted octanol–water partition coefficient (Wildman–Crippen LogP) is 0.714. The number of carbonyl (C=O) groups excluding carboxylic acids is 1. The summed E-state index contributed by atoms with van der Waals surface area (Å²) in [6, 6.07) is 5.16. The molecule has 0 aromatic heterocycles. The smallest absolute Gasteiger partial charge is 0.323 e. The van der Waals surface area contributed by atoms with Crippen LogP contribution in [0.3, 0.4) is 0 Å². The minimum atomic E-state index is -0.900. The lowest BCUT2D eigenvalue weighted by Gasteiger charge is -2.30. The largest absolute Gasteiger partial charge is 0.490 e. The highest BCUT2D eigenvalue weighted by molar-refractivity contribution is 5.99. The Labute approximate surface area is 117 Å². The minimum absolute atomic E-state index is 0.00125. The van der Waals surface area contributed by atoms with Crippen molar-refractivity contribution in [3.8, 4) is 5.75 Å². The molecule has 1 N–H and O–H groups in total. The fourth-order valence-electron chi connectivity index (χ4n) is 2.15. The lowest BCUT2D eigenvalue weighted by Crippen LogP contribution is -2.36. The third kappa shape index (κ3) is 3.27. The van der Waals surface area contributed by atoms with Crippen molar-refractivity contribution in [3.05, 3.63) is 23.8 Å². The van der Waals surface area contributed by atoms with Crippen molar-refractivity contribution in [1.82, 2.24) is 4.90 Å². The van der Waals surface area contributed by atoms with Crippen molar-refractivity contribution in [2.75, 3.05) is 45.2 Å². The van der Waals surface area contributed by atoms with Gasteiger partial charge in [-0.25, -0.2) is 0 Å². The number of hydrogen-bond acceptors (Lipinski definition) is 5. The van der Waals surface area contributed by atoms with Crippen LogP contribution in [-0.2, 0) is 4.79 Å². The Balaban J connectivity index is 2.27. The predicted molar refractivity (Wildman–Crippen MR) is 74.7 cm³/mol. The van der Waals surface area contributed by atoms with Crippen molar-refractivity contribution >= 4 is 17.4 Å². The van der Waals surface area contributed by atoms with Gasteiger partial charge in [-0.3, -0.25) is 9.59 Å². The van der Waals surface area contributed by atoms with Crippen LogP contribution in [0.4, 0.5) is 5.69 Å². The van der Waals surface area contributed by atoms with Gasteiger partial charge in [-0.15, -0.1) is 0 Å². The molecule has 0 spiro atoms. The molecular formula is C14H18N2O4. The van der Waals surface area contributed by atoms with Crippen molar-refractivity contribution in [2.24, 2.45) is 0 Å². The van der Waals surface area contributed by atoms with Gasteiger partial charge in [-0.05, 0) is 32.3 Å². The summed E-state index contributed by atoms with van der Waals surface area (Å²) in [5.74, 6) is -0.277. The Morgan fingerprint density at radius 2 is 2.15 bits per heavy atom. The number of carbonyl (C=O) groups is 2. The average Bonchev–Trinajstić information content (AvgIpc) is 2.37. The van der Waals surface area contributed by atoms with Gasteiger partial charge in [0, 0.05) is 5.56 Å². The number of fused-ring (bicyclic) bond motifs is 1. The summed E-state index contributed by atoms with van der Waals surface area (Å²) in [7, 11) is 3.66. The minimum Gasteiger partial charge on any atom is -0.490 e. The number of hydrogen-bond donors (Lipinski definition) is 1. The van der Waals surface area contributed by atoms with Crippen LogP contribution >= 0.6 is 0 Å². The highest BCUT2D eigenvalue weighted by Crippen LogP contribution is 2.32. The van der Waals surface area contributed by atoms with E-state index in [4.69, 9.17) is 9.84 Å². The molecule has 0 unspecified atom stereocenters. The molecule has 1 heterocycles. The molecule has 20 heavy (non-hydrogen) atoms. The van der Waals surface area contributed by atoms with Gasteiger partial charge < -0.3 is 19.6 Å². The lowest BCUT2D eigenvalue weighted by atomic mass is 10.1. The Hall–Kier alpha value is -2.08. The number of nitrogens with zero attached hydrogens (tertiary/aromatic N) is 2. The molecule has 0 atom stereocenters. The first-order valence-corrected chi connectivity index (χ1v) is 6.39. The molecule has 0 saturated carbocycles. The highest BCUT2D eigenvalue weighted by Gasteiger charge is 2.21. The summed E-state index contributed by atoms with van der Waals surface area (Å²) >= 11 is 0. The quantitative estimate of drug-likeness (QED) is 0.800. The van der Waals surface area contributed by atoms with Crippen LogP contribution in [0, 0.1) is 0 Å². The number of ether oxygens (including phenoxy) is 1. The summed E-state index contributed by atoms with van der Waals surface area (Å²) in [5.41, 5.74) is 1.24. The maximum absolute atomic E-state index is 12.1. The van der Waals surface area contributed by atoms with E-state index in [1.54, 1.807) is 28.0 Å². The zero-order chi connectivity index (χ0) is 14.7. The molecule has 0 radical (unpaired) electrons. The average molecular weight is 278 g/mol. The summed E-state index contributed by atoms with van der Waals surface area (Å²) in [6.45, 7) is 1.18. The van der Waals surface area contributed by atoms with E-state index in [1.807, 2.05) is 14.1 Å². The Morgan fingerprint density at radius 3 is 2.80 bits per heavy atom. The number of anilines is 1. The normalized spacial score (nSPS) is 13.8. The highest BCUT2D eigenvalue weighted by atomic mass is 16.5. The Kier molecular flexibility index (Phi) is 4.24. The first-order chi connectivity index (χ1) is 9.47. The van der Waals surface area contributed by atoms with Crippen LogP contribution in [0.5, 0.6) is 5.75 Å². The molecule has 0 saturated heterocycles. The second-order valence-electron chi connectivity index (χ2n) is 5.01. The summed E-state index contributed by atoms with van der Waals surface area (Å²) < 4.78 is 5.49. The fraction of sp³-hybridized carbons (Fsp3) is 0.429. The molecular weight excluding hydrogens is 260 g/mol. The van der Waals surface area contributed by atoms with E-state index in [9.17, 15) is 9.59 Å². The van der Waals surface area contributed by atoms with Crippen molar-refractivity contribution in [1.29, 1.82) is 0 Å². The van der Waals surface area contributed by atoms with Gasteiger partial charge in [0.2, 0.25) is 0 Å². The Morgan fingerprint density at radius 1 is 1.40 bits per heavy atom. The fourth-order valence-corrected chi connectivity index (χ4v) is 2.15. The number of rotatable bonds is 5. The second kappa shape index (κ2) is 5.92. The number of Topliss-reactive ketones (excluding diaryl/α,β-unsaturated/α-hetero) is 1. The zero-order valence-corrected chi connectivity index (χ0v) is 11.6. The lowest BCUT2D eigenvalue weighted by molar-refractivity contribution is -0.135. The molecule has 1 aromatic rings. The molecule has 2 rings (SSSR count). The molecule has 6 nitrogen and oxygen atoms in total.